The minimum atomic E-state index is -0.0756. The lowest BCUT2D eigenvalue weighted by Gasteiger charge is -2.16. The van der Waals surface area contributed by atoms with Gasteiger partial charge in [-0.2, -0.15) is 0 Å². The number of likely N-dealkylation sites (N-methyl/N-ethyl adjacent to an activating group) is 1. The first kappa shape index (κ1) is 16.1. The smallest absolute Gasteiger partial charge is 0.248 e. The highest BCUT2D eigenvalue weighted by Crippen LogP contribution is 2.11. The molecule has 1 amide bonds. The molecule has 0 fully saturated rings. The second-order valence-corrected chi connectivity index (χ2v) is 5.59. The van der Waals surface area contributed by atoms with Crippen LogP contribution in [0.4, 0.5) is 0 Å². The van der Waals surface area contributed by atoms with Crippen LogP contribution in [0.2, 0.25) is 0 Å². The standard InChI is InChI=1S/C13H17BrN2O2S/c1-16(7-6-12(15)19)13(17)9-18-8-10-2-4-11(14)5-3-10/h2-5H,6-9H2,1H3,(H2,15,19). The van der Waals surface area contributed by atoms with E-state index in [2.05, 4.69) is 15.9 Å². The third kappa shape index (κ3) is 6.66. The fraction of sp³-hybridized carbons (Fsp3) is 0.385. The van der Waals surface area contributed by atoms with Crippen molar-refractivity contribution in [2.45, 2.75) is 13.0 Å². The lowest BCUT2D eigenvalue weighted by molar-refractivity contribution is -0.135. The molecular formula is C13H17BrN2O2S. The summed E-state index contributed by atoms with van der Waals surface area (Å²) < 4.78 is 6.40. The van der Waals surface area contributed by atoms with Gasteiger partial charge in [0, 0.05) is 24.5 Å². The molecule has 0 aromatic heterocycles. The normalized spacial score (nSPS) is 10.2. The summed E-state index contributed by atoms with van der Waals surface area (Å²) in [6, 6.07) is 7.78. The molecule has 0 bridgehead atoms. The third-order valence-electron chi connectivity index (χ3n) is 2.53. The zero-order chi connectivity index (χ0) is 14.3. The summed E-state index contributed by atoms with van der Waals surface area (Å²) in [5.74, 6) is -0.0756. The zero-order valence-electron chi connectivity index (χ0n) is 10.8. The maximum absolute atomic E-state index is 11.7. The Balaban J connectivity index is 2.26. The number of ether oxygens (including phenoxy) is 1. The van der Waals surface area contributed by atoms with E-state index in [0.717, 1.165) is 10.0 Å². The van der Waals surface area contributed by atoms with Crippen molar-refractivity contribution in [3.05, 3.63) is 34.3 Å². The third-order valence-corrected chi connectivity index (χ3v) is 3.26. The number of nitrogens with zero attached hydrogens (tertiary/aromatic N) is 1. The SMILES string of the molecule is CN(CCC(N)=S)C(=O)COCc1ccc(Br)cc1. The maximum Gasteiger partial charge on any atom is 0.248 e. The van der Waals surface area contributed by atoms with Crippen LogP contribution < -0.4 is 5.73 Å². The van der Waals surface area contributed by atoms with Gasteiger partial charge in [0.2, 0.25) is 5.91 Å². The van der Waals surface area contributed by atoms with Crippen LogP contribution >= 0.6 is 28.1 Å². The first-order valence-corrected chi connectivity index (χ1v) is 7.03. The summed E-state index contributed by atoms with van der Waals surface area (Å²) >= 11 is 8.13. The van der Waals surface area contributed by atoms with Crippen LogP contribution in [-0.4, -0.2) is 36.0 Å². The van der Waals surface area contributed by atoms with Gasteiger partial charge in [-0.15, -0.1) is 0 Å². The van der Waals surface area contributed by atoms with Crippen molar-refractivity contribution in [2.75, 3.05) is 20.2 Å². The Labute approximate surface area is 127 Å². The first-order chi connectivity index (χ1) is 8.99. The van der Waals surface area contributed by atoms with Gasteiger partial charge in [0.1, 0.15) is 6.61 Å². The average molecular weight is 345 g/mol. The van der Waals surface area contributed by atoms with E-state index < -0.39 is 0 Å². The summed E-state index contributed by atoms with van der Waals surface area (Å²) in [4.78, 5) is 13.7. The fourth-order valence-corrected chi connectivity index (χ4v) is 1.71. The second kappa shape index (κ2) is 8.24. The topological polar surface area (TPSA) is 55.6 Å². The summed E-state index contributed by atoms with van der Waals surface area (Å²) in [6.07, 6.45) is 0.532. The summed E-state index contributed by atoms with van der Waals surface area (Å²) in [5.41, 5.74) is 6.42. The highest BCUT2D eigenvalue weighted by atomic mass is 79.9. The number of halogens is 1. The highest BCUT2D eigenvalue weighted by Gasteiger charge is 2.08. The quantitative estimate of drug-likeness (QED) is 0.769. The van der Waals surface area contributed by atoms with E-state index in [4.69, 9.17) is 22.7 Å². The van der Waals surface area contributed by atoms with Gasteiger partial charge in [0.05, 0.1) is 11.6 Å². The molecule has 2 N–H and O–H groups in total. The largest absolute Gasteiger partial charge is 0.393 e. The van der Waals surface area contributed by atoms with Crippen LogP contribution in [0.5, 0.6) is 0 Å². The van der Waals surface area contributed by atoms with E-state index in [1.165, 1.54) is 0 Å². The molecule has 0 radical (unpaired) electrons. The maximum atomic E-state index is 11.7. The molecule has 4 nitrogen and oxygen atoms in total. The molecule has 0 saturated carbocycles. The van der Waals surface area contributed by atoms with Crippen molar-refractivity contribution >= 4 is 39.0 Å². The number of hydrogen-bond acceptors (Lipinski definition) is 3. The van der Waals surface area contributed by atoms with E-state index in [1.54, 1.807) is 11.9 Å². The fourth-order valence-electron chi connectivity index (χ4n) is 1.35. The van der Waals surface area contributed by atoms with Crippen molar-refractivity contribution in [1.29, 1.82) is 0 Å². The van der Waals surface area contributed by atoms with E-state index in [-0.39, 0.29) is 12.5 Å². The molecule has 0 saturated heterocycles. The van der Waals surface area contributed by atoms with E-state index in [9.17, 15) is 4.79 Å². The Morgan fingerprint density at radius 3 is 2.63 bits per heavy atom. The Bertz CT molecular complexity index is 437. The molecule has 1 aromatic rings. The minimum absolute atomic E-state index is 0.0594. The number of benzene rings is 1. The number of nitrogens with two attached hydrogens (primary N) is 1. The second-order valence-electron chi connectivity index (χ2n) is 4.15. The minimum Gasteiger partial charge on any atom is -0.393 e. The molecule has 104 valence electrons. The van der Waals surface area contributed by atoms with Crippen molar-refractivity contribution in [3.63, 3.8) is 0 Å². The molecule has 1 aromatic carbocycles. The number of carbonyl (C=O) groups is 1. The molecular weight excluding hydrogens is 328 g/mol. The molecule has 0 atom stereocenters. The molecule has 0 unspecified atom stereocenters. The molecule has 0 spiro atoms. The number of thiocarbonyl (C=S) groups is 1. The summed E-state index contributed by atoms with van der Waals surface area (Å²) in [6.45, 7) is 1.00. The van der Waals surface area contributed by atoms with E-state index >= 15 is 0 Å². The van der Waals surface area contributed by atoms with Gasteiger partial charge in [0.15, 0.2) is 0 Å². The molecule has 0 aliphatic rings. The molecule has 1 rings (SSSR count). The molecule has 19 heavy (non-hydrogen) atoms. The van der Waals surface area contributed by atoms with Gasteiger partial charge in [-0.05, 0) is 17.7 Å². The Morgan fingerprint density at radius 2 is 2.05 bits per heavy atom. The molecule has 0 aliphatic carbocycles. The number of carbonyl (C=O) groups excluding carboxylic acids is 1. The summed E-state index contributed by atoms with van der Waals surface area (Å²) in [7, 11) is 1.71. The van der Waals surface area contributed by atoms with Crippen LogP contribution in [0.3, 0.4) is 0 Å². The highest BCUT2D eigenvalue weighted by molar-refractivity contribution is 9.10. The monoisotopic (exact) mass is 344 g/mol. The van der Waals surface area contributed by atoms with Gasteiger partial charge >= 0.3 is 0 Å². The van der Waals surface area contributed by atoms with E-state index in [1.807, 2.05) is 24.3 Å². The van der Waals surface area contributed by atoms with Gasteiger partial charge in [-0.3, -0.25) is 4.79 Å². The van der Waals surface area contributed by atoms with Crippen molar-refractivity contribution in [3.8, 4) is 0 Å². The van der Waals surface area contributed by atoms with Gasteiger partial charge in [-0.25, -0.2) is 0 Å². The van der Waals surface area contributed by atoms with Gasteiger partial charge in [0.25, 0.3) is 0 Å². The summed E-state index contributed by atoms with van der Waals surface area (Å²) in [5, 5.41) is 0. The van der Waals surface area contributed by atoms with Gasteiger partial charge in [-0.1, -0.05) is 40.3 Å². The van der Waals surface area contributed by atoms with Gasteiger partial charge < -0.3 is 15.4 Å². The van der Waals surface area contributed by atoms with Crippen molar-refractivity contribution in [1.82, 2.24) is 4.90 Å². The number of rotatable bonds is 7. The molecule has 6 heteroatoms. The Morgan fingerprint density at radius 1 is 1.42 bits per heavy atom. The molecule has 0 aliphatic heterocycles. The van der Waals surface area contributed by atoms with E-state index in [0.29, 0.717) is 24.6 Å². The van der Waals surface area contributed by atoms with Crippen molar-refractivity contribution in [2.24, 2.45) is 5.73 Å². The number of hydrogen-bond donors (Lipinski definition) is 1. The predicted octanol–water partition coefficient (Wildman–Crippen LogP) is 2.10. The Hall–Kier alpha value is -0.980. The van der Waals surface area contributed by atoms with Crippen LogP contribution in [0.15, 0.2) is 28.7 Å². The predicted molar refractivity (Wildman–Crippen MR) is 82.8 cm³/mol. The van der Waals surface area contributed by atoms with Crippen LogP contribution in [-0.2, 0) is 16.1 Å². The van der Waals surface area contributed by atoms with Crippen molar-refractivity contribution < 1.29 is 9.53 Å². The average Bonchev–Trinajstić information content (AvgIpc) is 2.38. The lowest BCUT2D eigenvalue weighted by atomic mass is 10.2. The lowest BCUT2D eigenvalue weighted by Crippen LogP contribution is -2.32. The number of amides is 1. The zero-order valence-corrected chi connectivity index (χ0v) is 13.2. The van der Waals surface area contributed by atoms with Crippen LogP contribution in [0.1, 0.15) is 12.0 Å². The first-order valence-electron chi connectivity index (χ1n) is 5.83. The molecule has 0 heterocycles. The van der Waals surface area contributed by atoms with Crippen LogP contribution in [0, 0.1) is 0 Å². The Kier molecular flexibility index (Phi) is 6.97. The van der Waals surface area contributed by atoms with Crippen LogP contribution in [0.25, 0.3) is 0 Å².